The van der Waals surface area contributed by atoms with E-state index in [0.29, 0.717) is 6.61 Å². The van der Waals surface area contributed by atoms with Gasteiger partial charge in [0, 0.05) is 5.41 Å². The van der Waals surface area contributed by atoms with Crippen molar-refractivity contribution in [1.82, 2.24) is 0 Å². The van der Waals surface area contributed by atoms with Crippen molar-refractivity contribution in [2.24, 2.45) is 5.41 Å². The zero-order valence-electron chi connectivity index (χ0n) is 7.79. The fraction of sp³-hybridized carbons (Fsp3) is 0.455. The van der Waals surface area contributed by atoms with Crippen LogP contribution in [0.25, 0.3) is 0 Å². The van der Waals surface area contributed by atoms with Crippen molar-refractivity contribution >= 4 is 0 Å². The molecular weight excluding hydrogens is 164 g/mol. The standard InChI is InChI=1S/C11H14O2/c1-11(7-12)6-9-4-2-3-5-10(9)13-8-11/h2-5,12H,6-8H2,1H3/t11-/m1/s1. The maximum Gasteiger partial charge on any atom is 0.122 e. The molecule has 0 aliphatic carbocycles. The topological polar surface area (TPSA) is 29.5 Å². The summed E-state index contributed by atoms with van der Waals surface area (Å²) in [5.41, 5.74) is 1.10. The molecule has 0 bridgehead atoms. The fourth-order valence-electron chi connectivity index (χ4n) is 1.66. The van der Waals surface area contributed by atoms with E-state index in [1.54, 1.807) is 0 Å². The highest BCUT2D eigenvalue weighted by Crippen LogP contribution is 2.33. The van der Waals surface area contributed by atoms with Crippen molar-refractivity contribution in [3.05, 3.63) is 29.8 Å². The Morgan fingerprint density at radius 1 is 1.46 bits per heavy atom. The van der Waals surface area contributed by atoms with E-state index < -0.39 is 0 Å². The van der Waals surface area contributed by atoms with E-state index in [-0.39, 0.29) is 12.0 Å². The van der Waals surface area contributed by atoms with Crippen LogP contribution in [0.4, 0.5) is 0 Å². The van der Waals surface area contributed by atoms with Crippen LogP contribution in [0.1, 0.15) is 12.5 Å². The average Bonchev–Trinajstić information content (AvgIpc) is 2.18. The highest BCUT2D eigenvalue weighted by Gasteiger charge is 2.30. The van der Waals surface area contributed by atoms with Crippen LogP contribution in [-0.4, -0.2) is 18.3 Å². The molecule has 0 unspecified atom stereocenters. The predicted octanol–water partition coefficient (Wildman–Crippen LogP) is 1.62. The van der Waals surface area contributed by atoms with Gasteiger partial charge in [0.25, 0.3) is 0 Å². The molecule has 0 radical (unpaired) electrons. The number of benzene rings is 1. The second-order valence-electron chi connectivity index (χ2n) is 4.04. The summed E-state index contributed by atoms with van der Waals surface area (Å²) in [4.78, 5) is 0. The van der Waals surface area contributed by atoms with Gasteiger partial charge in [0.05, 0.1) is 13.2 Å². The molecule has 1 aliphatic rings. The zero-order valence-corrected chi connectivity index (χ0v) is 7.79. The van der Waals surface area contributed by atoms with Gasteiger partial charge in [-0.25, -0.2) is 0 Å². The molecule has 1 aromatic rings. The number of hydrogen-bond donors (Lipinski definition) is 1. The summed E-state index contributed by atoms with van der Waals surface area (Å²) in [5, 5.41) is 9.20. The first kappa shape index (κ1) is 8.57. The maximum atomic E-state index is 9.20. The number of aliphatic hydroxyl groups excluding tert-OH is 1. The Morgan fingerprint density at radius 2 is 2.23 bits per heavy atom. The largest absolute Gasteiger partial charge is 0.493 e. The van der Waals surface area contributed by atoms with Gasteiger partial charge in [-0.3, -0.25) is 0 Å². The van der Waals surface area contributed by atoms with Gasteiger partial charge in [-0.05, 0) is 18.1 Å². The van der Waals surface area contributed by atoms with Gasteiger partial charge < -0.3 is 9.84 Å². The Kier molecular flexibility index (Phi) is 2.00. The molecule has 2 rings (SSSR count). The highest BCUT2D eigenvalue weighted by molar-refractivity contribution is 5.35. The summed E-state index contributed by atoms with van der Waals surface area (Å²) in [6.07, 6.45) is 0.902. The molecule has 1 aromatic carbocycles. The van der Waals surface area contributed by atoms with Crippen LogP contribution in [0.3, 0.4) is 0 Å². The van der Waals surface area contributed by atoms with Crippen LogP contribution >= 0.6 is 0 Å². The number of fused-ring (bicyclic) bond motifs is 1. The minimum atomic E-state index is -0.103. The molecule has 1 aliphatic heterocycles. The average molecular weight is 178 g/mol. The Balaban J connectivity index is 2.29. The SMILES string of the molecule is C[C@@]1(CO)COc2ccccc2C1. The van der Waals surface area contributed by atoms with Crippen molar-refractivity contribution < 1.29 is 9.84 Å². The Morgan fingerprint density at radius 3 is 3.00 bits per heavy atom. The zero-order chi connectivity index (χ0) is 9.31. The molecule has 13 heavy (non-hydrogen) atoms. The summed E-state index contributed by atoms with van der Waals surface area (Å²) in [6.45, 7) is 2.84. The monoisotopic (exact) mass is 178 g/mol. The third-order valence-electron chi connectivity index (χ3n) is 2.55. The van der Waals surface area contributed by atoms with E-state index in [1.165, 1.54) is 5.56 Å². The fourth-order valence-corrected chi connectivity index (χ4v) is 1.66. The second-order valence-corrected chi connectivity index (χ2v) is 4.04. The first-order valence-corrected chi connectivity index (χ1v) is 4.55. The summed E-state index contributed by atoms with van der Waals surface area (Å²) < 4.78 is 5.57. The lowest BCUT2D eigenvalue weighted by Gasteiger charge is -2.32. The van der Waals surface area contributed by atoms with Crippen LogP contribution in [0, 0.1) is 5.41 Å². The van der Waals surface area contributed by atoms with Crippen molar-refractivity contribution in [2.45, 2.75) is 13.3 Å². The molecule has 2 heteroatoms. The third-order valence-corrected chi connectivity index (χ3v) is 2.55. The Hall–Kier alpha value is -1.02. The molecule has 0 saturated heterocycles. The normalized spacial score (nSPS) is 26.3. The van der Waals surface area contributed by atoms with E-state index >= 15 is 0 Å². The summed E-state index contributed by atoms with van der Waals surface area (Å²) in [5.74, 6) is 0.966. The molecule has 0 spiro atoms. The van der Waals surface area contributed by atoms with E-state index in [2.05, 4.69) is 6.07 Å². The predicted molar refractivity (Wildman–Crippen MR) is 50.8 cm³/mol. The lowest BCUT2D eigenvalue weighted by Crippen LogP contribution is -2.35. The van der Waals surface area contributed by atoms with Gasteiger partial charge in [0.15, 0.2) is 0 Å². The first-order chi connectivity index (χ1) is 6.23. The maximum absolute atomic E-state index is 9.20. The summed E-state index contributed by atoms with van der Waals surface area (Å²) in [6, 6.07) is 8.01. The number of ether oxygens (including phenoxy) is 1. The van der Waals surface area contributed by atoms with Crippen LogP contribution in [0.2, 0.25) is 0 Å². The third kappa shape index (κ3) is 1.54. The molecule has 1 N–H and O–H groups in total. The number of para-hydroxylation sites is 1. The summed E-state index contributed by atoms with van der Waals surface area (Å²) >= 11 is 0. The number of hydrogen-bond acceptors (Lipinski definition) is 2. The van der Waals surface area contributed by atoms with Crippen LogP contribution in [0.5, 0.6) is 5.75 Å². The lowest BCUT2D eigenvalue weighted by molar-refractivity contribution is 0.0669. The molecule has 1 heterocycles. The van der Waals surface area contributed by atoms with Crippen molar-refractivity contribution in [2.75, 3.05) is 13.2 Å². The molecular formula is C11H14O2. The smallest absolute Gasteiger partial charge is 0.122 e. The van der Waals surface area contributed by atoms with Crippen molar-refractivity contribution in [3.63, 3.8) is 0 Å². The molecule has 1 atom stereocenters. The van der Waals surface area contributed by atoms with Crippen molar-refractivity contribution in [1.29, 1.82) is 0 Å². The van der Waals surface area contributed by atoms with Gasteiger partial charge in [0.1, 0.15) is 5.75 Å². The molecule has 2 nitrogen and oxygen atoms in total. The second kappa shape index (κ2) is 3.04. The van der Waals surface area contributed by atoms with Crippen LogP contribution < -0.4 is 4.74 Å². The minimum Gasteiger partial charge on any atom is -0.493 e. The van der Waals surface area contributed by atoms with Gasteiger partial charge in [0.2, 0.25) is 0 Å². The van der Waals surface area contributed by atoms with Crippen LogP contribution in [-0.2, 0) is 6.42 Å². The van der Waals surface area contributed by atoms with E-state index in [0.717, 1.165) is 12.2 Å². The molecule has 0 amide bonds. The molecule has 0 fully saturated rings. The minimum absolute atomic E-state index is 0.103. The Labute approximate surface area is 78.2 Å². The van der Waals surface area contributed by atoms with Crippen LogP contribution in [0.15, 0.2) is 24.3 Å². The van der Waals surface area contributed by atoms with E-state index in [4.69, 9.17) is 4.74 Å². The van der Waals surface area contributed by atoms with Gasteiger partial charge in [-0.15, -0.1) is 0 Å². The van der Waals surface area contributed by atoms with Gasteiger partial charge in [-0.1, -0.05) is 25.1 Å². The first-order valence-electron chi connectivity index (χ1n) is 4.55. The number of rotatable bonds is 1. The summed E-state index contributed by atoms with van der Waals surface area (Å²) in [7, 11) is 0. The quantitative estimate of drug-likeness (QED) is 0.708. The number of aliphatic hydroxyl groups is 1. The van der Waals surface area contributed by atoms with Gasteiger partial charge in [-0.2, -0.15) is 0 Å². The highest BCUT2D eigenvalue weighted by atomic mass is 16.5. The molecule has 70 valence electrons. The van der Waals surface area contributed by atoms with E-state index in [9.17, 15) is 5.11 Å². The molecule has 0 aromatic heterocycles. The lowest BCUT2D eigenvalue weighted by atomic mass is 9.83. The molecule has 0 saturated carbocycles. The Bertz CT molecular complexity index is 309. The van der Waals surface area contributed by atoms with Gasteiger partial charge >= 0.3 is 0 Å². The van der Waals surface area contributed by atoms with E-state index in [1.807, 2.05) is 25.1 Å². The van der Waals surface area contributed by atoms with Crippen molar-refractivity contribution in [3.8, 4) is 5.75 Å².